The number of anilines is 2. The van der Waals surface area contributed by atoms with E-state index >= 15 is 0 Å². The van der Waals surface area contributed by atoms with E-state index in [4.69, 9.17) is 0 Å². The molecule has 0 unspecified atom stereocenters. The molecule has 24 heavy (non-hydrogen) atoms. The van der Waals surface area contributed by atoms with Crippen LogP contribution >= 0.6 is 11.8 Å². The highest BCUT2D eigenvalue weighted by Crippen LogP contribution is 2.37. The van der Waals surface area contributed by atoms with Crippen LogP contribution in [0.3, 0.4) is 0 Å². The van der Waals surface area contributed by atoms with Gasteiger partial charge in [-0.2, -0.15) is 0 Å². The van der Waals surface area contributed by atoms with Gasteiger partial charge in [-0.25, -0.2) is 9.97 Å². The Morgan fingerprint density at radius 2 is 1.88 bits per heavy atom. The molecule has 0 aliphatic rings. The minimum Gasteiger partial charge on any atom is -0.334 e. The lowest BCUT2D eigenvalue weighted by atomic mass is 10.2. The Kier molecular flexibility index (Phi) is 4.72. The van der Waals surface area contributed by atoms with E-state index in [2.05, 4.69) is 15.3 Å². The molecule has 1 heterocycles. The van der Waals surface area contributed by atoms with Gasteiger partial charge in [0.15, 0.2) is 5.03 Å². The van der Waals surface area contributed by atoms with Gasteiger partial charge in [0.2, 0.25) is 5.82 Å². The van der Waals surface area contributed by atoms with E-state index < -0.39 is 4.92 Å². The van der Waals surface area contributed by atoms with Crippen molar-refractivity contribution in [2.75, 3.05) is 5.32 Å². The van der Waals surface area contributed by atoms with E-state index in [-0.39, 0.29) is 11.5 Å². The largest absolute Gasteiger partial charge is 0.343 e. The fourth-order valence-corrected chi connectivity index (χ4v) is 3.04. The second kappa shape index (κ2) is 7.10. The fourth-order valence-electron chi connectivity index (χ4n) is 2.15. The molecule has 0 radical (unpaired) electrons. The van der Waals surface area contributed by atoms with E-state index in [0.717, 1.165) is 16.1 Å². The first kappa shape index (κ1) is 15.9. The molecule has 1 N–H and O–H groups in total. The average Bonchev–Trinajstić information content (AvgIpc) is 2.56. The molecule has 2 aromatic carbocycles. The van der Waals surface area contributed by atoms with Crippen LogP contribution in [0.4, 0.5) is 17.2 Å². The molecule has 6 nitrogen and oxygen atoms in total. The van der Waals surface area contributed by atoms with Gasteiger partial charge in [0, 0.05) is 10.6 Å². The van der Waals surface area contributed by atoms with Gasteiger partial charge in [-0.05, 0) is 36.8 Å². The molecular weight excluding hydrogens is 324 g/mol. The quantitative estimate of drug-likeness (QED) is 0.416. The van der Waals surface area contributed by atoms with Crippen molar-refractivity contribution >= 4 is 29.0 Å². The van der Waals surface area contributed by atoms with Crippen molar-refractivity contribution in [3.63, 3.8) is 0 Å². The summed E-state index contributed by atoms with van der Waals surface area (Å²) in [6.45, 7) is 1.95. The van der Waals surface area contributed by atoms with Gasteiger partial charge in [-0.3, -0.25) is 10.1 Å². The molecule has 1 aromatic heterocycles. The van der Waals surface area contributed by atoms with Crippen LogP contribution in [0.15, 0.2) is 70.8 Å². The highest BCUT2D eigenvalue weighted by Gasteiger charge is 2.23. The first-order chi connectivity index (χ1) is 11.6. The van der Waals surface area contributed by atoms with E-state index in [1.165, 1.54) is 18.1 Å². The highest BCUT2D eigenvalue weighted by molar-refractivity contribution is 7.99. The maximum absolute atomic E-state index is 11.6. The normalized spacial score (nSPS) is 10.4. The second-order valence-corrected chi connectivity index (χ2v) is 6.10. The van der Waals surface area contributed by atoms with E-state index in [0.29, 0.717) is 5.03 Å². The number of hydrogen-bond donors (Lipinski definition) is 1. The third-order valence-electron chi connectivity index (χ3n) is 3.21. The summed E-state index contributed by atoms with van der Waals surface area (Å²) in [7, 11) is 0. The topological polar surface area (TPSA) is 81.0 Å². The van der Waals surface area contributed by atoms with Gasteiger partial charge < -0.3 is 5.32 Å². The molecule has 0 saturated carbocycles. The van der Waals surface area contributed by atoms with E-state index in [1.54, 1.807) is 0 Å². The molecule has 0 spiro atoms. The molecule has 0 amide bonds. The minimum absolute atomic E-state index is 0.132. The zero-order chi connectivity index (χ0) is 16.9. The number of nitrogens with one attached hydrogen (secondary N) is 1. The predicted octanol–water partition coefficient (Wildman–Crippen LogP) is 4.59. The molecule has 120 valence electrons. The molecule has 0 fully saturated rings. The predicted molar refractivity (Wildman–Crippen MR) is 93.7 cm³/mol. The number of benzene rings is 2. The zero-order valence-corrected chi connectivity index (χ0v) is 13.7. The third-order valence-corrected chi connectivity index (χ3v) is 4.21. The van der Waals surface area contributed by atoms with Crippen molar-refractivity contribution in [3.8, 4) is 0 Å². The van der Waals surface area contributed by atoms with Gasteiger partial charge in [0.25, 0.3) is 0 Å². The Hall–Kier alpha value is -2.93. The van der Waals surface area contributed by atoms with Crippen LogP contribution in [0.1, 0.15) is 5.56 Å². The molecule has 3 rings (SSSR count). The fraction of sp³-hybridized carbons (Fsp3) is 0.0588. The third kappa shape index (κ3) is 3.69. The van der Waals surface area contributed by atoms with Crippen LogP contribution in [0.5, 0.6) is 0 Å². The molecule has 0 atom stereocenters. The molecule has 0 aliphatic carbocycles. The molecule has 7 heteroatoms. The number of nitrogens with zero attached hydrogens (tertiary/aromatic N) is 3. The summed E-state index contributed by atoms with van der Waals surface area (Å²) in [6, 6.07) is 17.0. The number of hydrogen-bond acceptors (Lipinski definition) is 6. The van der Waals surface area contributed by atoms with Gasteiger partial charge in [-0.1, -0.05) is 42.1 Å². The SMILES string of the molecule is Cc1cccc(Nc2ncnc(Sc3ccccc3)c2[N+](=O)[O-])c1. The molecule has 3 aromatic rings. The lowest BCUT2D eigenvalue weighted by Gasteiger charge is -2.09. The van der Waals surface area contributed by atoms with Crippen molar-refractivity contribution in [3.05, 3.63) is 76.6 Å². The summed E-state index contributed by atoms with van der Waals surface area (Å²) >= 11 is 1.24. The first-order valence-electron chi connectivity index (χ1n) is 7.19. The van der Waals surface area contributed by atoms with Crippen molar-refractivity contribution in [2.24, 2.45) is 0 Å². The monoisotopic (exact) mass is 338 g/mol. The lowest BCUT2D eigenvalue weighted by molar-refractivity contribution is -0.387. The van der Waals surface area contributed by atoms with Crippen LogP contribution in [0.2, 0.25) is 0 Å². The van der Waals surface area contributed by atoms with Crippen molar-refractivity contribution in [2.45, 2.75) is 16.8 Å². The van der Waals surface area contributed by atoms with Crippen LogP contribution in [0, 0.1) is 17.0 Å². The number of aromatic nitrogens is 2. The minimum atomic E-state index is -0.455. The van der Waals surface area contributed by atoms with E-state index in [1.807, 2.05) is 61.5 Å². The Morgan fingerprint density at radius 1 is 1.08 bits per heavy atom. The van der Waals surface area contributed by atoms with Crippen molar-refractivity contribution in [1.82, 2.24) is 9.97 Å². The van der Waals surface area contributed by atoms with E-state index in [9.17, 15) is 10.1 Å². The Bertz CT molecular complexity index is 871. The van der Waals surface area contributed by atoms with Gasteiger partial charge >= 0.3 is 5.69 Å². The Labute approximate surface area is 143 Å². The number of nitro groups is 1. The Morgan fingerprint density at radius 3 is 2.58 bits per heavy atom. The van der Waals surface area contributed by atoms with Crippen LogP contribution in [-0.4, -0.2) is 14.9 Å². The van der Waals surface area contributed by atoms with Gasteiger partial charge in [0.1, 0.15) is 6.33 Å². The van der Waals surface area contributed by atoms with Crippen molar-refractivity contribution in [1.29, 1.82) is 0 Å². The number of rotatable bonds is 5. The second-order valence-electron chi connectivity index (χ2n) is 5.04. The zero-order valence-electron chi connectivity index (χ0n) is 12.8. The van der Waals surface area contributed by atoms with Gasteiger partial charge in [0.05, 0.1) is 4.92 Å². The molecule has 0 aliphatic heterocycles. The summed E-state index contributed by atoms with van der Waals surface area (Å²) in [5, 5.41) is 14.9. The van der Waals surface area contributed by atoms with Gasteiger partial charge in [-0.15, -0.1) is 0 Å². The number of aryl methyl sites for hydroxylation is 1. The summed E-state index contributed by atoms with van der Waals surface area (Å²) in [5.74, 6) is 0.180. The van der Waals surface area contributed by atoms with Crippen LogP contribution in [-0.2, 0) is 0 Å². The summed E-state index contributed by atoms with van der Waals surface area (Å²) < 4.78 is 0. The summed E-state index contributed by atoms with van der Waals surface area (Å²) in [6.07, 6.45) is 1.33. The lowest BCUT2D eigenvalue weighted by Crippen LogP contribution is -2.03. The smallest absolute Gasteiger partial charge is 0.334 e. The van der Waals surface area contributed by atoms with Crippen LogP contribution in [0.25, 0.3) is 0 Å². The van der Waals surface area contributed by atoms with Crippen molar-refractivity contribution < 1.29 is 4.92 Å². The highest BCUT2D eigenvalue weighted by atomic mass is 32.2. The molecule has 0 saturated heterocycles. The van der Waals surface area contributed by atoms with Crippen LogP contribution < -0.4 is 5.32 Å². The maximum atomic E-state index is 11.6. The average molecular weight is 338 g/mol. The Balaban J connectivity index is 1.97. The maximum Gasteiger partial charge on any atom is 0.343 e. The summed E-state index contributed by atoms with van der Waals surface area (Å²) in [4.78, 5) is 20.1. The standard InChI is InChI=1S/C17H14N4O2S/c1-12-6-5-7-13(10-12)20-16-15(21(22)23)17(19-11-18-16)24-14-8-3-2-4-9-14/h2-11H,1H3,(H,18,19,20). The molecular formula is C17H14N4O2S. The first-order valence-corrected chi connectivity index (χ1v) is 8.01. The molecule has 0 bridgehead atoms. The summed E-state index contributed by atoms with van der Waals surface area (Å²) in [5.41, 5.74) is 1.66.